The molecule has 4 nitrogen and oxygen atoms in total. The third kappa shape index (κ3) is 8.83. The molecule has 22 heavy (non-hydrogen) atoms. The van der Waals surface area contributed by atoms with Crippen molar-refractivity contribution < 1.29 is 17.8 Å². The molecule has 0 radical (unpaired) electrons. The van der Waals surface area contributed by atoms with Crippen LogP contribution in [0.15, 0.2) is 0 Å². The van der Waals surface area contributed by atoms with E-state index in [0.717, 1.165) is 50.2 Å². The van der Waals surface area contributed by atoms with Gasteiger partial charge in [0.2, 0.25) is 0 Å². The van der Waals surface area contributed by atoms with Crippen molar-refractivity contribution in [2.45, 2.75) is 66.3 Å². The summed E-state index contributed by atoms with van der Waals surface area (Å²) in [6.07, 6.45) is 6.13. The third-order valence-corrected chi connectivity index (χ3v) is 10.1. The van der Waals surface area contributed by atoms with Gasteiger partial charge >= 0.3 is 8.80 Å². The molecule has 0 heterocycles. The van der Waals surface area contributed by atoms with Crippen LogP contribution in [0.3, 0.4) is 0 Å². The van der Waals surface area contributed by atoms with Gasteiger partial charge in [-0.15, -0.1) is 0 Å². The summed E-state index contributed by atoms with van der Waals surface area (Å²) in [5.74, 6) is 0. The molecule has 0 aliphatic rings. The molecule has 0 bridgehead atoms. The van der Waals surface area contributed by atoms with E-state index in [-0.39, 0.29) is 0 Å². The Morgan fingerprint density at radius 2 is 1.18 bits per heavy atom. The summed E-state index contributed by atoms with van der Waals surface area (Å²) in [5, 5.41) is 0. The van der Waals surface area contributed by atoms with Gasteiger partial charge in [0.15, 0.2) is 0 Å². The maximum absolute atomic E-state index is 12.6. The van der Waals surface area contributed by atoms with E-state index < -0.39 is 15.9 Å². The second-order valence-corrected chi connectivity index (χ2v) is 12.3. The summed E-state index contributed by atoms with van der Waals surface area (Å²) in [6.45, 7) is 12.4. The highest BCUT2D eigenvalue weighted by Crippen LogP contribution is 2.45. The Bertz CT molecular complexity index is 283. The molecule has 0 atom stereocenters. The van der Waals surface area contributed by atoms with Crippen molar-refractivity contribution in [2.24, 2.45) is 0 Å². The molecule has 0 saturated carbocycles. The van der Waals surface area contributed by atoms with E-state index in [9.17, 15) is 4.57 Å². The molecule has 0 unspecified atom stereocenters. The molecule has 0 aromatic carbocycles. The zero-order chi connectivity index (χ0) is 16.9. The number of hydrogen-bond acceptors (Lipinski definition) is 4. The van der Waals surface area contributed by atoms with Crippen LogP contribution in [0.5, 0.6) is 0 Å². The minimum Gasteiger partial charge on any atom is -0.373 e. The van der Waals surface area contributed by atoms with Crippen molar-refractivity contribution in [1.29, 1.82) is 0 Å². The second kappa shape index (κ2) is 12.7. The molecular weight excluding hydrogens is 315 g/mol. The van der Waals surface area contributed by atoms with Crippen LogP contribution in [0, 0.1) is 0 Å². The van der Waals surface area contributed by atoms with E-state index in [0.29, 0.717) is 19.8 Å². The van der Waals surface area contributed by atoms with Gasteiger partial charge in [0, 0.05) is 32.0 Å². The molecule has 0 saturated heterocycles. The lowest BCUT2D eigenvalue weighted by Crippen LogP contribution is -2.46. The van der Waals surface area contributed by atoms with Crippen molar-refractivity contribution in [3.8, 4) is 0 Å². The fourth-order valence-corrected chi connectivity index (χ4v) is 7.19. The van der Waals surface area contributed by atoms with Crippen molar-refractivity contribution in [1.82, 2.24) is 0 Å². The van der Waals surface area contributed by atoms with Gasteiger partial charge < -0.3 is 17.8 Å². The Hall–Kier alpha value is 0.327. The SMILES string of the molecule is CCCO[Si](CCCP(=O)(CC)CC)(OCCC)OCCC. The Labute approximate surface area is 139 Å². The maximum atomic E-state index is 12.6. The molecule has 6 heteroatoms. The lowest BCUT2D eigenvalue weighted by molar-refractivity contribution is 0.0591. The van der Waals surface area contributed by atoms with Crippen molar-refractivity contribution in [2.75, 3.05) is 38.3 Å². The van der Waals surface area contributed by atoms with Gasteiger partial charge in [0.05, 0.1) is 7.14 Å². The first kappa shape index (κ1) is 22.3. The predicted molar refractivity (Wildman–Crippen MR) is 97.5 cm³/mol. The van der Waals surface area contributed by atoms with Crippen molar-refractivity contribution in [3.63, 3.8) is 0 Å². The molecule has 0 spiro atoms. The molecule has 0 amide bonds. The zero-order valence-corrected chi connectivity index (χ0v) is 17.3. The van der Waals surface area contributed by atoms with Gasteiger partial charge in [0.1, 0.15) is 0 Å². The van der Waals surface area contributed by atoms with Gasteiger partial charge in [-0.3, -0.25) is 0 Å². The summed E-state index contributed by atoms with van der Waals surface area (Å²) in [6, 6.07) is 0.789. The van der Waals surface area contributed by atoms with Gasteiger partial charge in [-0.05, 0) is 38.0 Å². The Balaban J connectivity index is 4.73. The van der Waals surface area contributed by atoms with Crippen LogP contribution < -0.4 is 0 Å². The van der Waals surface area contributed by atoms with Crippen LogP contribution in [0.1, 0.15) is 60.3 Å². The highest BCUT2D eigenvalue weighted by molar-refractivity contribution is 7.63. The van der Waals surface area contributed by atoms with E-state index in [2.05, 4.69) is 20.8 Å². The topological polar surface area (TPSA) is 44.8 Å². The standard InChI is InChI=1S/C16H37O4PSi/c1-6-12-18-22(19-13-7-2,20-14-8-3)16-11-15-21(17,9-4)10-5/h6-16H2,1-5H3. The van der Waals surface area contributed by atoms with Gasteiger partial charge in [-0.2, -0.15) is 0 Å². The van der Waals surface area contributed by atoms with Crippen molar-refractivity contribution >= 4 is 15.9 Å². The van der Waals surface area contributed by atoms with E-state index in [1.54, 1.807) is 0 Å². The molecule has 134 valence electrons. The van der Waals surface area contributed by atoms with Crippen LogP contribution in [-0.2, 0) is 17.8 Å². The van der Waals surface area contributed by atoms with Crippen LogP contribution in [-0.4, -0.2) is 47.1 Å². The first-order valence-electron chi connectivity index (χ1n) is 9.00. The fraction of sp³-hybridized carbons (Fsp3) is 1.00. The van der Waals surface area contributed by atoms with Crippen molar-refractivity contribution in [3.05, 3.63) is 0 Å². The Morgan fingerprint density at radius 1 is 0.773 bits per heavy atom. The van der Waals surface area contributed by atoms with Gasteiger partial charge in [-0.1, -0.05) is 34.6 Å². The summed E-state index contributed by atoms with van der Waals surface area (Å²) in [7, 11) is -4.59. The van der Waals surface area contributed by atoms with Crippen LogP contribution in [0.25, 0.3) is 0 Å². The molecular formula is C16H37O4PSi. The van der Waals surface area contributed by atoms with E-state index in [4.69, 9.17) is 13.3 Å². The molecule has 0 aliphatic heterocycles. The molecule has 0 fully saturated rings. The molecule has 0 rings (SSSR count). The second-order valence-electron chi connectivity index (χ2n) is 5.75. The predicted octanol–water partition coefficient (Wildman–Crippen LogP) is 5.00. The average molecular weight is 353 g/mol. The molecule has 0 aromatic heterocycles. The van der Waals surface area contributed by atoms with Crippen LogP contribution in [0.4, 0.5) is 0 Å². The minimum absolute atomic E-state index is 0.679. The highest BCUT2D eigenvalue weighted by atomic mass is 31.2. The lowest BCUT2D eigenvalue weighted by atomic mass is 10.5. The average Bonchev–Trinajstić information content (AvgIpc) is 2.55. The fourth-order valence-electron chi connectivity index (χ4n) is 2.24. The summed E-state index contributed by atoms with van der Waals surface area (Å²) >= 11 is 0. The summed E-state index contributed by atoms with van der Waals surface area (Å²) in [4.78, 5) is 0. The molecule has 0 aliphatic carbocycles. The summed E-state index contributed by atoms with van der Waals surface area (Å²) < 4.78 is 30.8. The van der Waals surface area contributed by atoms with E-state index >= 15 is 0 Å². The molecule has 0 aromatic rings. The van der Waals surface area contributed by atoms with Gasteiger partial charge in [0.25, 0.3) is 0 Å². The molecule has 0 N–H and O–H groups in total. The van der Waals surface area contributed by atoms with Crippen LogP contribution >= 0.6 is 7.14 Å². The normalized spacial score (nSPS) is 12.8. The monoisotopic (exact) mass is 352 g/mol. The smallest absolute Gasteiger partial charge is 0.373 e. The Kier molecular flexibility index (Phi) is 12.9. The first-order valence-corrected chi connectivity index (χ1v) is 13.2. The maximum Gasteiger partial charge on any atom is 0.500 e. The van der Waals surface area contributed by atoms with E-state index in [1.807, 2.05) is 13.8 Å². The zero-order valence-electron chi connectivity index (χ0n) is 15.4. The Morgan fingerprint density at radius 3 is 1.50 bits per heavy atom. The quantitative estimate of drug-likeness (QED) is 0.307. The highest BCUT2D eigenvalue weighted by Gasteiger charge is 2.40. The minimum atomic E-state index is -2.60. The number of hydrogen-bond donors (Lipinski definition) is 0. The third-order valence-electron chi connectivity index (χ3n) is 3.78. The first-order chi connectivity index (χ1) is 10.5. The van der Waals surface area contributed by atoms with Gasteiger partial charge in [-0.25, -0.2) is 0 Å². The lowest BCUT2D eigenvalue weighted by Gasteiger charge is -2.30. The largest absolute Gasteiger partial charge is 0.500 e. The van der Waals surface area contributed by atoms with E-state index in [1.165, 1.54) is 0 Å². The summed E-state index contributed by atoms with van der Waals surface area (Å²) in [5.41, 5.74) is 0. The number of rotatable bonds is 15. The van der Waals surface area contributed by atoms with Crippen LogP contribution in [0.2, 0.25) is 6.04 Å².